The van der Waals surface area contributed by atoms with Gasteiger partial charge in [0, 0.05) is 5.02 Å². The summed E-state index contributed by atoms with van der Waals surface area (Å²) in [7, 11) is 0. The average Bonchev–Trinajstić information content (AvgIpc) is 3.37. The number of rotatable bonds is 7. The molecule has 0 spiro atoms. The molecule has 0 saturated carbocycles. The summed E-state index contributed by atoms with van der Waals surface area (Å²) in [6.07, 6.45) is 1.44. The van der Waals surface area contributed by atoms with E-state index in [1.54, 1.807) is 36.4 Å². The van der Waals surface area contributed by atoms with Gasteiger partial charge in [0.1, 0.15) is 30.3 Å². The summed E-state index contributed by atoms with van der Waals surface area (Å²) in [5, 5.41) is 7.58. The Balaban J connectivity index is 1.34. The maximum Gasteiger partial charge on any atom is 0.293 e. The number of furan rings is 1. The van der Waals surface area contributed by atoms with Crippen molar-refractivity contribution in [1.82, 2.24) is 14.8 Å². The second kappa shape index (κ2) is 9.20. The molecule has 0 atom stereocenters. The lowest BCUT2D eigenvalue weighted by molar-refractivity contribution is 0.0991. The molecule has 0 aliphatic rings. The summed E-state index contributed by atoms with van der Waals surface area (Å²) in [6, 6.07) is 14.2. The Morgan fingerprint density at radius 3 is 2.84 bits per heavy atom. The van der Waals surface area contributed by atoms with Gasteiger partial charge in [-0.2, -0.15) is 0 Å². The van der Waals surface area contributed by atoms with Crippen molar-refractivity contribution in [3.05, 3.63) is 93.9 Å². The Morgan fingerprint density at radius 1 is 1.16 bits per heavy atom. The van der Waals surface area contributed by atoms with Crippen molar-refractivity contribution in [1.29, 1.82) is 0 Å². The standard InChI is InChI=1S/C21H15Cl2FN4O3/c22-14-4-6-18(17(23)9-14)30-11-16-5-7-19(31-16)20(29)26-21-25-12-28(27-21)10-13-2-1-3-15(24)8-13/h1-9,12H,10-11H2,(H,26,27,29). The lowest BCUT2D eigenvalue weighted by atomic mass is 10.2. The smallest absolute Gasteiger partial charge is 0.293 e. The van der Waals surface area contributed by atoms with E-state index in [0.717, 1.165) is 5.56 Å². The fourth-order valence-corrected chi connectivity index (χ4v) is 3.20. The minimum atomic E-state index is -0.515. The third-order valence-electron chi connectivity index (χ3n) is 4.14. The van der Waals surface area contributed by atoms with Crippen LogP contribution in [0.25, 0.3) is 0 Å². The zero-order valence-electron chi connectivity index (χ0n) is 15.9. The van der Waals surface area contributed by atoms with E-state index in [4.69, 9.17) is 32.4 Å². The molecule has 1 amide bonds. The Kier molecular flexibility index (Phi) is 6.20. The number of hydrogen-bond donors (Lipinski definition) is 1. The van der Waals surface area contributed by atoms with Crippen LogP contribution in [0.15, 0.2) is 65.3 Å². The highest BCUT2D eigenvalue weighted by Gasteiger charge is 2.14. The second-order valence-electron chi connectivity index (χ2n) is 6.48. The molecule has 2 heterocycles. The van der Waals surface area contributed by atoms with Crippen LogP contribution in [-0.2, 0) is 13.2 Å². The van der Waals surface area contributed by atoms with Crippen LogP contribution in [0.4, 0.5) is 10.3 Å². The topological polar surface area (TPSA) is 82.2 Å². The summed E-state index contributed by atoms with van der Waals surface area (Å²) in [5.41, 5.74) is 0.722. The fourth-order valence-electron chi connectivity index (χ4n) is 2.73. The molecule has 0 aliphatic carbocycles. The SMILES string of the molecule is O=C(Nc1ncn(Cc2cccc(F)c2)n1)c1ccc(COc2ccc(Cl)cc2Cl)o1. The molecule has 0 radical (unpaired) electrons. The third kappa shape index (κ3) is 5.42. The highest BCUT2D eigenvalue weighted by atomic mass is 35.5. The molecule has 31 heavy (non-hydrogen) atoms. The van der Waals surface area contributed by atoms with E-state index in [1.165, 1.54) is 29.2 Å². The first-order chi connectivity index (χ1) is 15.0. The Hall–Kier alpha value is -3.36. The monoisotopic (exact) mass is 460 g/mol. The Morgan fingerprint density at radius 2 is 2.03 bits per heavy atom. The quantitative estimate of drug-likeness (QED) is 0.409. The van der Waals surface area contributed by atoms with Gasteiger partial charge in [-0.05, 0) is 48.0 Å². The minimum Gasteiger partial charge on any atom is -0.484 e. The minimum absolute atomic E-state index is 0.0716. The van der Waals surface area contributed by atoms with E-state index in [9.17, 15) is 9.18 Å². The van der Waals surface area contributed by atoms with Crippen molar-refractivity contribution in [2.24, 2.45) is 0 Å². The number of carbonyl (C=O) groups is 1. The molecule has 0 bridgehead atoms. The van der Waals surface area contributed by atoms with Crippen molar-refractivity contribution < 1.29 is 18.3 Å². The fraction of sp³-hybridized carbons (Fsp3) is 0.0952. The van der Waals surface area contributed by atoms with Crippen LogP contribution in [0.1, 0.15) is 21.9 Å². The number of nitrogens with zero attached hydrogens (tertiary/aromatic N) is 3. The van der Waals surface area contributed by atoms with Crippen molar-refractivity contribution >= 4 is 35.1 Å². The van der Waals surface area contributed by atoms with Crippen molar-refractivity contribution in [2.75, 3.05) is 5.32 Å². The van der Waals surface area contributed by atoms with Crippen LogP contribution in [0.2, 0.25) is 10.0 Å². The van der Waals surface area contributed by atoms with Crippen LogP contribution in [0.5, 0.6) is 5.75 Å². The van der Waals surface area contributed by atoms with Gasteiger partial charge < -0.3 is 9.15 Å². The molecule has 0 unspecified atom stereocenters. The highest BCUT2D eigenvalue weighted by Crippen LogP contribution is 2.28. The normalized spacial score (nSPS) is 10.8. The summed E-state index contributed by atoms with van der Waals surface area (Å²) in [4.78, 5) is 16.4. The number of halogens is 3. The van der Waals surface area contributed by atoms with Crippen LogP contribution in [0.3, 0.4) is 0 Å². The van der Waals surface area contributed by atoms with Gasteiger partial charge in [0.2, 0.25) is 5.95 Å². The number of anilines is 1. The molecule has 158 valence electrons. The number of nitrogens with one attached hydrogen (secondary N) is 1. The highest BCUT2D eigenvalue weighted by molar-refractivity contribution is 6.35. The van der Waals surface area contributed by atoms with E-state index in [-0.39, 0.29) is 24.1 Å². The molecule has 0 saturated heterocycles. The van der Waals surface area contributed by atoms with E-state index in [1.807, 2.05) is 0 Å². The first-order valence-electron chi connectivity index (χ1n) is 9.08. The third-order valence-corrected chi connectivity index (χ3v) is 4.68. The lowest BCUT2D eigenvalue weighted by Gasteiger charge is -2.06. The average molecular weight is 461 g/mol. The van der Waals surface area contributed by atoms with E-state index in [2.05, 4.69) is 15.4 Å². The molecule has 2 aromatic carbocycles. The maximum atomic E-state index is 13.3. The largest absolute Gasteiger partial charge is 0.484 e. The summed E-state index contributed by atoms with van der Waals surface area (Å²) in [6.45, 7) is 0.394. The first kappa shape index (κ1) is 20.9. The van der Waals surface area contributed by atoms with Gasteiger partial charge in [0.05, 0.1) is 11.6 Å². The van der Waals surface area contributed by atoms with Gasteiger partial charge in [0.25, 0.3) is 5.91 Å². The molecule has 7 nitrogen and oxygen atoms in total. The molecule has 0 aliphatic heterocycles. The summed E-state index contributed by atoms with van der Waals surface area (Å²) >= 11 is 11.9. The van der Waals surface area contributed by atoms with Crippen LogP contribution in [0, 0.1) is 5.82 Å². The second-order valence-corrected chi connectivity index (χ2v) is 7.32. The Bertz CT molecular complexity index is 1220. The van der Waals surface area contributed by atoms with Crippen molar-refractivity contribution in [3.63, 3.8) is 0 Å². The number of aromatic nitrogens is 3. The predicted molar refractivity (Wildman–Crippen MR) is 113 cm³/mol. The first-order valence-corrected chi connectivity index (χ1v) is 9.84. The van der Waals surface area contributed by atoms with Crippen molar-refractivity contribution in [3.8, 4) is 5.75 Å². The molecule has 4 rings (SSSR count). The van der Waals surface area contributed by atoms with Gasteiger partial charge in [-0.3, -0.25) is 10.1 Å². The molecule has 0 fully saturated rings. The number of benzene rings is 2. The summed E-state index contributed by atoms with van der Waals surface area (Å²) < 4.78 is 25.9. The van der Waals surface area contributed by atoms with E-state index in [0.29, 0.717) is 28.1 Å². The van der Waals surface area contributed by atoms with E-state index < -0.39 is 5.91 Å². The predicted octanol–water partition coefficient (Wildman–Crippen LogP) is 5.20. The molecular weight excluding hydrogens is 446 g/mol. The van der Waals surface area contributed by atoms with Crippen LogP contribution in [-0.4, -0.2) is 20.7 Å². The van der Waals surface area contributed by atoms with Gasteiger partial charge in [0.15, 0.2) is 5.76 Å². The zero-order valence-corrected chi connectivity index (χ0v) is 17.4. The van der Waals surface area contributed by atoms with Crippen LogP contribution >= 0.6 is 23.2 Å². The molecule has 10 heteroatoms. The van der Waals surface area contributed by atoms with Crippen molar-refractivity contribution in [2.45, 2.75) is 13.2 Å². The molecule has 2 aromatic heterocycles. The van der Waals surface area contributed by atoms with E-state index >= 15 is 0 Å². The Labute approximate surface area is 186 Å². The van der Waals surface area contributed by atoms with Gasteiger partial charge >= 0.3 is 0 Å². The lowest BCUT2D eigenvalue weighted by Crippen LogP contribution is -2.12. The number of ether oxygens (including phenoxy) is 1. The number of carbonyl (C=O) groups excluding carboxylic acids is 1. The van der Waals surface area contributed by atoms with Gasteiger partial charge in [-0.25, -0.2) is 14.1 Å². The molecule has 1 N–H and O–H groups in total. The number of hydrogen-bond acceptors (Lipinski definition) is 5. The molecule has 4 aromatic rings. The van der Waals surface area contributed by atoms with Crippen LogP contribution < -0.4 is 10.1 Å². The summed E-state index contributed by atoms with van der Waals surface area (Å²) in [5.74, 6) is 0.203. The number of amides is 1. The van der Waals surface area contributed by atoms with Gasteiger partial charge in [-0.1, -0.05) is 35.3 Å². The van der Waals surface area contributed by atoms with Gasteiger partial charge in [-0.15, -0.1) is 5.10 Å². The maximum absolute atomic E-state index is 13.3. The molecular formula is C21H15Cl2FN4O3. The zero-order chi connectivity index (χ0) is 21.8.